The molecule has 2 unspecified atom stereocenters. The predicted octanol–water partition coefficient (Wildman–Crippen LogP) is 3.18. The average Bonchev–Trinajstić information content (AvgIpc) is 2.68. The van der Waals surface area contributed by atoms with Crippen LogP contribution in [0, 0.1) is 17.2 Å². The van der Waals surface area contributed by atoms with Crippen molar-refractivity contribution in [3.8, 4) is 0 Å². The van der Waals surface area contributed by atoms with Crippen LogP contribution in [0.3, 0.4) is 0 Å². The molecule has 0 saturated heterocycles. The maximum Gasteiger partial charge on any atom is 0.128 e. The molecule has 0 radical (unpaired) electrons. The number of halogens is 2. The summed E-state index contributed by atoms with van der Waals surface area (Å²) >= 11 is 6.03. The van der Waals surface area contributed by atoms with Crippen molar-refractivity contribution in [3.05, 3.63) is 34.6 Å². The standard InChI is InChI=1S/C12H15ClFN/c1-12(2)7(6-15)11(12)10-8(13)4-3-5-9(10)14/h3-5,7,11H,6,15H2,1-2H3. The summed E-state index contributed by atoms with van der Waals surface area (Å²) in [6, 6.07) is 4.83. The van der Waals surface area contributed by atoms with Gasteiger partial charge in [0.05, 0.1) is 0 Å². The Morgan fingerprint density at radius 2 is 2.13 bits per heavy atom. The molecule has 1 saturated carbocycles. The van der Waals surface area contributed by atoms with Crippen molar-refractivity contribution in [1.82, 2.24) is 0 Å². The largest absolute Gasteiger partial charge is 0.330 e. The van der Waals surface area contributed by atoms with Gasteiger partial charge in [0.2, 0.25) is 0 Å². The molecule has 2 rings (SSSR count). The van der Waals surface area contributed by atoms with Gasteiger partial charge >= 0.3 is 0 Å². The maximum absolute atomic E-state index is 13.7. The van der Waals surface area contributed by atoms with Gasteiger partial charge in [-0.3, -0.25) is 0 Å². The van der Waals surface area contributed by atoms with E-state index in [4.69, 9.17) is 17.3 Å². The first-order valence-electron chi connectivity index (χ1n) is 5.14. The highest BCUT2D eigenvalue weighted by Gasteiger charge is 2.58. The first-order valence-corrected chi connectivity index (χ1v) is 5.52. The zero-order chi connectivity index (χ0) is 11.2. The molecule has 1 aliphatic rings. The molecular formula is C12H15ClFN. The lowest BCUT2D eigenvalue weighted by molar-refractivity contribution is 0.551. The second kappa shape index (κ2) is 3.46. The molecule has 0 aromatic heterocycles. The molecule has 2 N–H and O–H groups in total. The molecule has 0 aliphatic heterocycles. The van der Waals surface area contributed by atoms with E-state index in [2.05, 4.69) is 13.8 Å². The molecule has 1 fully saturated rings. The number of hydrogen-bond acceptors (Lipinski definition) is 1. The summed E-state index contributed by atoms with van der Waals surface area (Å²) in [5.41, 5.74) is 6.38. The minimum absolute atomic E-state index is 0.0700. The van der Waals surface area contributed by atoms with Gasteiger partial charge in [0.25, 0.3) is 0 Å². The third-order valence-electron chi connectivity index (χ3n) is 3.62. The Balaban J connectivity index is 2.41. The SMILES string of the molecule is CC1(C)C(CN)C1c1c(F)cccc1Cl. The van der Waals surface area contributed by atoms with Crippen LogP contribution in [0.15, 0.2) is 18.2 Å². The van der Waals surface area contributed by atoms with Crippen LogP contribution in [0.4, 0.5) is 4.39 Å². The second-order valence-corrected chi connectivity index (χ2v) is 5.18. The van der Waals surface area contributed by atoms with Crippen LogP contribution in [0.5, 0.6) is 0 Å². The van der Waals surface area contributed by atoms with E-state index < -0.39 is 0 Å². The van der Waals surface area contributed by atoms with Crippen molar-refractivity contribution in [2.24, 2.45) is 17.1 Å². The Morgan fingerprint density at radius 3 is 2.60 bits per heavy atom. The first-order chi connectivity index (χ1) is 7.00. The Hall–Kier alpha value is -0.600. The topological polar surface area (TPSA) is 26.0 Å². The third-order valence-corrected chi connectivity index (χ3v) is 3.94. The monoisotopic (exact) mass is 227 g/mol. The minimum Gasteiger partial charge on any atom is -0.330 e. The molecule has 0 heterocycles. The summed E-state index contributed by atoms with van der Waals surface area (Å²) in [5, 5.41) is 0.518. The molecule has 1 aromatic rings. The smallest absolute Gasteiger partial charge is 0.128 e. The molecule has 1 aliphatic carbocycles. The van der Waals surface area contributed by atoms with E-state index in [0.29, 0.717) is 23.0 Å². The van der Waals surface area contributed by atoms with Crippen molar-refractivity contribution >= 4 is 11.6 Å². The lowest BCUT2D eigenvalue weighted by atomic mass is 10.0. The number of nitrogens with two attached hydrogens (primary N) is 1. The van der Waals surface area contributed by atoms with Crippen molar-refractivity contribution in [2.45, 2.75) is 19.8 Å². The van der Waals surface area contributed by atoms with E-state index in [-0.39, 0.29) is 17.2 Å². The Labute approximate surface area is 94.4 Å². The van der Waals surface area contributed by atoms with Crippen molar-refractivity contribution in [1.29, 1.82) is 0 Å². The number of rotatable bonds is 2. The lowest BCUT2D eigenvalue weighted by Crippen LogP contribution is -2.05. The van der Waals surface area contributed by atoms with Crippen molar-refractivity contribution < 1.29 is 4.39 Å². The van der Waals surface area contributed by atoms with Gasteiger partial charge in [-0.05, 0) is 35.9 Å². The molecule has 0 spiro atoms. The lowest BCUT2D eigenvalue weighted by Gasteiger charge is -2.06. The molecule has 82 valence electrons. The molecule has 1 nitrogen and oxygen atoms in total. The summed E-state index contributed by atoms with van der Waals surface area (Å²) in [6.45, 7) is 4.80. The quantitative estimate of drug-likeness (QED) is 0.825. The van der Waals surface area contributed by atoms with E-state index in [1.165, 1.54) is 6.07 Å². The summed E-state index contributed by atoms with van der Waals surface area (Å²) in [5.74, 6) is 0.291. The molecule has 15 heavy (non-hydrogen) atoms. The van der Waals surface area contributed by atoms with Crippen LogP contribution in [0.2, 0.25) is 5.02 Å². The highest BCUT2D eigenvalue weighted by molar-refractivity contribution is 6.31. The van der Waals surface area contributed by atoms with E-state index in [9.17, 15) is 4.39 Å². The Kier molecular flexibility index (Phi) is 2.52. The minimum atomic E-state index is -0.212. The molecule has 0 amide bonds. The van der Waals surface area contributed by atoms with Crippen LogP contribution >= 0.6 is 11.6 Å². The third kappa shape index (κ3) is 1.56. The van der Waals surface area contributed by atoms with E-state index in [1.54, 1.807) is 12.1 Å². The van der Waals surface area contributed by atoms with Crippen molar-refractivity contribution in [3.63, 3.8) is 0 Å². The van der Waals surface area contributed by atoms with Crippen LogP contribution < -0.4 is 5.73 Å². The van der Waals surface area contributed by atoms with Crippen LogP contribution in [-0.4, -0.2) is 6.54 Å². The Bertz CT molecular complexity index is 369. The van der Waals surface area contributed by atoms with Crippen molar-refractivity contribution in [2.75, 3.05) is 6.54 Å². The molecular weight excluding hydrogens is 213 g/mol. The Morgan fingerprint density at radius 1 is 1.47 bits per heavy atom. The predicted molar refractivity (Wildman–Crippen MR) is 60.5 cm³/mol. The summed E-state index contributed by atoms with van der Waals surface area (Å²) in [7, 11) is 0. The molecule has 0 bridgehead atoms. The zero-order valence-corrected chi connectivity index (χ0v) is 9.68. The van der Waals surface area contributed by atoms with Crippen LogP contribution in [0.1, 0.15) is 25.3 Å². The second-order valence-electron chi connectivity index (χ2n) is 4.78. The van der Waals surface area contributed by atoms with Gasteiger partial charge < -0.3 is 5.73 Å². The van der Waals surface area contributed by atoms with Gasteiger partial charge in [0.1, 0.15) is 5.82 Å². The average molecular weight is 228 g/mol. The van der Waals surface area contributed by atoms with Gasteiger partial charge in [0, 0.05) is 10.6 Å². The number of hydrogen-bond donors (Lipinski definition) is 1. The van der Waals surface area contributed by atoms with E-state index in [1.807, 2.05) is 0 Å². The summed E-state index contributed by atoms with van der Waals surface area (Å²) < 4.78 is 13.7. The maximum atomic E-state index is 13.7. The fraction of sp³-hybridized carbons (Fsp3) is 0.500. The van der Waals surface area contributed by atoms with Crippen LogP contribution in [-0.2, 0) is 0 Å². The first kappa shape index (κ1) is 10.9. The normalized spacial score (nSPS) is 27.8. The van der Waals surface area contributed by atoms with Crippen LogP contribution in [0.25, 0.3) is 0 Å². The summed E-state index contributed by atoms with van der Waals surface area (Å²) in [4.78, 5) is 0. The fourth-order valence-corrected chi connectivity index (χ4v) is 2.85. The highest BCUT2D eigenvalue weighted by Crippen LogP contribution is 2.65. The van der Waals surface area contributed by atoms with Gasteiger partial charge in [-0.25, -0.2) is 4.39 Å². The molecule has 3 heteroatoms. The highest BCUT2D eigenvalue weighted by atomic mass is 35.5. The number of benzene rings is 1. The van der Waals surface area contributed by atoms with Gasteiger partial charge in [0.15, 0.2) is 0 Å². The van der Waals surface area contributed by atoms with Gasteiger partial charge in [-0.1, -0.05) is 31.5 Å². The van der Waals surface area contributed by atoms with E-state index >= 15 is 0 Å². The molecule has 2 atom stereocenters. The van der Waals surface area contributed by atoms with Gasteiger partial charge in [-0.15, -0.1) is 0 Å². The fourth-order valence-electron chi connectivity index (χ4n) is 2.56. The molecule has 1 aromatic carbocycles. The zero-order valence-electron chi connectivity index (χ0n) is 8.93. The summed E-state index contributed by atoms with van der Waals surface area (Å²) in [6.07, 6.45) is 0. The van der Waals surface area contributed by atoms with E-state index in [0.717, 1.165) is 0 Å². The van der Waals surface area contributed by atoms with Gasteiger partial charge in [-0.2, -0.15) is 0 Å².